The van der Waals surface area contributed by atoms with Crippen LogP contribution in [0, 0.1) is 6.07 Å². The molecule has 2 rings (SSSR count). The number of aromatic nitrogens is 2. The van der Waals surface area contributed by atoms with Crippen LogP contribution in [0.15, 0.2) is 42.9 Å². The molecule has 2 aromatic rings. The first kappa shape index (κ1) is 8.69. The molecule has 0 amide bonds. The van der Waals surface area contributed by atoms with Crippen molar-refractivity contribution >= 4 is 0 Å². The number of hydrogen-bond donors (Lipinski definition) is 0. The lowest BCUT2D eigenvalue weighted by Gasteiger charge is -2.03. The van der Waals surface area contributed by atoms with Crippen LogP contribution >= 0.6 is 0 Å². The van der Waals surface area contributed by atoms with Crippen molar-refractivity contribution in [3.05, 3.63) is 54.6 Å². The standard InChI is InChI=1S/C11H9N2O/c1-2-4-11(5-3-1)14-9-10-8-12-6-7-13-10/h2-8H,9H2. The first-order valence-electron chi connectivity index (χ1n) is 4.29. The Hall–Kier alpha value is -1.90. The van der Waals surface area contributed by atoms with Crippen LogP contribution in [0.4, 0.5) is 0 Å². The summed E-state index contributed by atoms with van der Waals surface area (Å²) in [6.07, 6.45) is 4.98. The highest BCUT2D eigenvalue weighted by atomic mass is 16.5. The van der Waals surface area contributed by atoms with Gasteiger partial charge in [0.1, 0.15) is 12.4 Å². The van der Waals surface area contributed by atoms with Crippen LogP contribution < -0.4 is 4.74 Å². The monoisotopic (exact) mass is 185 g/mol. The Labute approximate surface area is 82.4 Å². The third-order valence-electron chi connectivity index (χ3n) is 1.69. The van der Waals surface area contributed by atoms with Crippen molar-refractivity contribution in [3.8, 4) is 5.75 Å². The van der Waals surface area contributed by atoms with E-state index in [1.807, 2.05) is 24.3 Å². The zero-order chi connectivity index (χ0) is 9.64. The Morgan fingerprint density at radius 2 is 2.07 bits per heavy atom. The first-order valence-corrected chi connectivity index (χ1v) is 4.29. The number of benzene rings is 1. The minimum absolute atomic E-state index is 0.442. The lowest BCUT2D eigenvalue weighted by Crippen LogP contribution is -1.97. The van der Waals surface area contributed by atoms with Gasteiger partial charge in [0.05, 0.1) is 11.9 Å². The Balaban J connectivity index is 1.96. The maximum absolute atomic E-state index is 5.47. The zero-order valence-corrected chi connectivity index (χ0v) is 7.55. The van der Waals surface area contributed by atoms with Gasteiger partial charge in [-0.2, -0.15) is 0 Å². The highest BCUT2D eigenvalue weighted by Crippen LogP contribution is 2.09. The van der Waals surface area contributed by atoms with E-state index in [4.69, 9.17) is 4.74 Å². The average Bonchev–Trinajstić information content (AvgIpc) is 2.29. The molecule has 0 atom stereocenters. The fraction of sp³-hybridized carbons (Fsp3) is 0.0909. The molecule has 0 fully saturated rings. The van der Waals surface area contributed by atoms with E-state index in [-0.39, 0.29) is 0 Å². The van der Waals surface area contributed by atoms with Crippen molar-refractivity contribution in [2.24, 2.45) is 0 Å². The molecule has 0 unspecified atom stereocenters. The van der Waals surface area contributed by atoms with Gasteiger partial charge in [-0.1, -0.05) is 12.1 Å². The normalized spacial score (nSPS) is 9.71. The number of hydrogen-bond acceptors (Lipinski definition) is 3. The molecule has 0 aliphatic heterocycles. The molecular weight excluding hydrogens is 176 g/mol. The van der Waals surface area contributed by atoms with Gasteiger partial charge in [0.25, 0.3) is 0 Å². The molecule has 3 heteroatoms. The summed E-state index contributed by atoms with van der Waals surface area (Å²) in [5.41, 5.74) is 0.820. The molecule has 1 aromatic carbocycles. The van der Waals surface area contributed by atoms with Gasteiger partial charge < -0.3 is 4.74 Å². The third kappa shape index (κ3) is 2.29. The molecule has 14 heavy (non-hydrogen) atoms. The fourth-order valence-corrected chi connectivity index (χ4v) is 1.03. The summed E-state index contributed by atoms with van der Waals surface area (Å²) in [5.74, 6) is 0.814. The Bertz CT molecular complexity index is 336. The van der Waals surface area contributed by atoms with Gasteiger partial charge in [-0.3, -0.25) is 9.97 Å². The smallest absolute Gasteiger partial charge is 0.132 e. The van der Waals surface area contributed by atoms with Gasteiger partial charge >= 0.3 is 0 Å². The van der Waals surface area contributed by atoms with E-state index in [1.165, 1.54) is 0 Å². The Morgan fingerprint density at radius 1 is 1.21 bits per heavy atom. The predicted molar refractivity (Wildman–Crippen MR) is 51.6 cm³/mol. The van der Waals surface area contributed by atoms with Gasteiger partial charge in [0, 0.05) is 12.4 Å². The van der Waals surface area contributed by atoms with Crippen molar-refractivity contribution in [2.75, 3.05) is 0 Å². The van der Waals surface area contributed by atoms with E-state index in [2.05, 4.69) is 16.0 Å². The molecule has 0 spiro atoms. The molecule has 1 heterocycles. The Morgan fingerprint density at radius 3 is 2.79 bits per heavy atom. The van der Waals surface area contributed by atoms with Crippen LogP contribution in [0.2, 0.25) is 0 Å². The topological polar surface area (TPSA) is 35.0 Å². The summed E-state index contributed by atoms with van der Waals surface area (Å²) in [7, 11) is 0. The van der Waals surface area contributed by atoms with Crippen LogP contribution in [0.1, 0.15) is 5.69 Å². The molecule has 0 saturated carbocycles. The number of ether oxygens (including phenoxy) is 1. The first-order chi connectivity index (χ1) is 6.95. The fourth-order valence-electron chi connectivity index (χ4n) is 1.03. The molecule has 0 aliphatic rings. The van der Waals surface area contributed by atoms with Gasteiger partial charge in [0.15, 0.2) is 0 Å². The molecule has 69 valence electrons. The minimum Gasteiger partial charge on any atom is -0.487 e. The van der Waals surface area contributed by atoms with Crippen LogP contribution in [0.3, 0.4) is 0 Å². The maximum Gasteiger partial charge on any atom is 0.132 e. The third-order valence-corrected chi connectivity index (χ3v) is 1.69. The highest BCUT2D eigenvalue weighted by Gasteiger charge is 1.94. The van der Waals surface area contributed by atoms with E-state index >= 15 is 0 Å². The van der Waals surface area contributed by atoms with Crippen LogP contribution in [0.5, 0.6) is 5.75 Å². The molecule has 0 bridgehead atoms. The quantitative estimate of drug-likeness (QED) is 0.732. The van der Waals surface area contributed by atoms with E-state index in [0.717, 1.165) is 11.4 Å². The SMILES string of the molecule is [c]1ccc(OCc2cnccn2)cc1. The highest BCUT2D eigenvalue weighted by molar-refractivity contribution is 5.20. The lowest BCUT2D eigenvalue weighted by molar-refractivity contribution is 0.301. The van der Waals surface area contributed by atoms with E-state index in [1.54, 1.807) is 18.6 Å². The molecule has 1 radical (unpaired) electrons. The van der Waals surface area contributed by atoms with Crippen LogP contribution in [-0.2, 0) is 6.61 Å². The maximum atomic E-state index is 5.47. The second kappa shape index (κ2) is 4.37. The minimum atomic E-state index is 0.442. The van der Waals surface area contributed by atoms with Gasteiger partial charge in [-0.15, -0.1) is 0 Å². The molecular formula is C11H9N2O. The summed E-state index contributed by atoms with van der Waals surface area (Å²) in [4.78, 5) is 8.05. The molecule has 0 N–H and O–H groups in total. The summed E-state index contributed by atoms with van der Waals surface area (Å²) in [5, 5.41) is 0. The second-order valence-electron chi connectivity index (χ2n) is 2.72. The van der Waals surface area contributed by atoms with Crippen molar-refractivity contribution in [1.29, 1.82) is 0 Å². The molecule has 1 aromatic heterocycles. The predicted octanol–water partition coefficient (Wildman–Crippen LogP) is 1.86. The van der Waals surface area contributed by atoms with Crippen molar-refractivity contribution in [1.82, 2.24) is 9.97 Å². The molecule has 0 aliphatic carbocycles. The number of nitrogens with zero attached hydrogens (tertiary/aromatic N) is 2. The summed E-state index contributed by atoms with van der Waals surface area (Å²) in [6.45, 7) is 0.442. The second-order valence-corrected chi connectivity index (χ2v) is 2.72. The van der Waals surface area contributed by atoms with Gasteiger partial charge in [-0.25, -0.2) is 0 Å². The van der Waals surface area contributed by atoms with Crippen molar-refractivity contribution in [3.63, 3.8) is 0 Å². The van der Waals surface area contributed by atoms with Gasteiger partial charge in [-0.05, 0) is 18.2 Å². The van der Waals surface area contributed by atoms with Crippen LogP contribution in [0.25, 0.3) is 0 Å². The largest absolute Gasteiger partial charge is 0.487 e. The molecule has 3 nitrogen and oxygen atoms in total. The van der Waals surface area contributed by atoms with E-state index in [9.17, 15) is 0 Å². The van der Waals surface area contributed by atoms with Crippen molar-refractivity contribution < 1.29 is 4.74 Å². The lowest BCUT2D eigenvalue weighted by atomic mass is 10.3. The molecule has 0 saturated heterocycles. The zero-order valence-electron chi connectivity index (χ0n) is 7.55. The van der Waals surface area contributed by atoms with E-state index in [0.29, 0.717) is 6.61 Å². The summed E-state index contributed by atoms with van der Waals surface area (Å²) in [6, 6.07) is 10.3. The summed E-state index contributed by atoms with van der Waals surface area (Å²) < 4.78 is 5.47. The van der Waals surface area contributed by atoms with Gasteiger partial charge in [0.2, 0.25) is 0 Å². The number of rotatable bonds is 3. The summed E-state index contributed by atoms with van der Waals surface area (Å²) >= 11 is 0. The average molecular weight is 185 g/mol. The van der Waals surface area contributed by atoms with Crippen molar-refractivity contribution in [2.45, 2.75) is 6.61 Å². The van der Waals surface area contributed by atoms with Crippen LogP contribution in [-0.4, -0.2) is 9.97 Å². The Kier molecular flexibility index (Phi) is 2.71. The van der Waals surface area contributed by atoms with E-state index < -0.39 is 0 Å².